The molecule has 2 aromatic carbocycles. The Morgan fingerprint density at radius 1 is 0.929 bits per heavy atom. The summed E-state index contributed by atoms with van der Waals surface area (Å²) in [5.41, 5.74) is 2.13. The van der Waals surface area contributed by atoms with Crippen molar-refractivity contribution in [1.82, 2.24) is 0 Å². The van der Waals surface area contributed by atoms with Crippen molar-refractivity contribution in [3.63, 3.8) is 0 Å². The molecule has 0 aliphatic heterocycles. The van der Waals surface area contributed by atoms with Gasteiger partial charge in [0.05, 0.1) is 17.7 Å². The molecule has 148 valence electrons. The summed E-state index contributed by atoms with van der Waals surface area (Å²) in [6.07, 6.45) is 8.09. The second-order valence-corrected chi connectivity index (χ2v) is 10.7. The number of ether oxygens (including phenoxy) is 1. The first-order chi connectivity index (χ1) is 13.5. The first-order valence-electron chi connectivity index (χ1n) is 10.2. The summed E-state index contributed by atoms with van der Waals surface area (Å²) in [4.78, 5) is 0.309. The predicted octanol–water partition coefficient (Wildman–Crippen LogP) is 4.96. The van der Waals surface area contributed by atoms with Crippen molar-refractivity contribution in [2.24, 2.45) is 17.8 Å². The topological polar surface area (TPSA) is 55.4 Å². The molecule has 0 amide bonds. The van der Waals surface area contributed by atoms with Crippen LogP contribution in [0.4, 0.5) is 5.69 Å². The average Bonchev–Trinajstić information content (AvgIpc) is 2.67. The molecule has 0 radical (unpaired) electrons. The number of methoxy groups -OCH3 is 1. The molecule has 4 aliphatic carbocycles. The van der Waals surface area contributed by atoms with Crippen molar-refractivity contribution in [1.29, 1.82) is 0 Å². The molecule has 2 aromatic rings. The van der Waals surface area contributed by atoms with Gasteiger partial charge in [-0.3, -0.25) is 4.72 Å². The Bertz CT molecular complexity index is 946. The van der Waals surface area contributed by atoms with E-state index in [1.165, 1.54) is 44.1 Å². The van der Waals surface area contributed by atoms with Crippen molar-refractivity contribution < 1.29 is 13.2 Å². The number of rotatable bonds is 5. The molecular weight excluding hydrogens is 370 g/mol. The normalized spacial score (nSPS) is 31.0. The fraction of sp³-hybridized carbons (Fsp3) is 0.478. The first kappa shape index (κ1) is 18.0. The molecule has 0 saturated heterocycles. The molecule has 4 saturated carbocycles. The Hall–Kier alpha value is -2.01. The zero-order valence-electron chi connectivity index (χ0n) is 16.2. The summed E-state index contributed by atoms with van der Waals surface area (Å²) in [6, 6.07) is 14.6. The van der Waals surface area contributed by atoms with Gasteiger partial charge in [0.25, 0.3) is 10.0 Å². The maximum absolute atomic E-state index is 12.8. The van der Waals surface area contributed by atoms with Crippen molar-refractivity contribution in [2.45, 2.75) is 48.8 Å². The molecular formula is C23H27NO3S. The molecule has 0 atom stereocenters. The molecule has 5 heteroatoms. The number of nitrogens with one attached hydrogen (secondary N) is 1. The largest absolute Gasteiger partial charge is 0.497 e. The minimum Gasteiger partial charge on any atom is -0.497 e. The number of hydrogen-bond donors (Lipinski definition) is 1. The van der Waals surface area contributed by atoms with Gasteiger partial charge in [-0.25, -0.2) is 8.42 Å². The standard InChI is InChI=1S/C23H27NO3S/c1-27-21-4-2-3-20(12-21)24-28(25,26)22-7-5-19(6-8-22)23-13-16-9-17(14-23)11-18(10-16)15-23/h2-8,12,16-18,24H,9-11,13-15H2,1H3. The average molecular weight is 398 g/mol. The second-order valence-electron chi connectivity index (χ2n) is 9.06. The van der Waals surface area contributed by atoms with Crippen molar-refractivity contribution in [2.75, 3.05) is 11.8 Å². The summed E-state index contributed by atoms with van der Waals surface area (Å²) in [7, 11) is -2.05. The van der Waals surface area contributed by atoms with E-state index in [9.17, 15) is 8.42 Å². The summed E-state index contributed by atoms with van der Waals surface area (Å²) in [5, 5.41) is 0. The van der Waals surface area contributed by atoms with E-state index in [2.05, 4.69) is 16.9 Å². The van der Waals surface area contributed by atoms with Crippen LogP contribution >= 0.6 is 0 Å². The molecule has 6 rings (SSSR count). The molecule has 4 bridgehead atoms. The SMILES string of the molecule is COc1cccc(NS(=O)(=O)c2ccc(C34CC5CC(CC(C5)C3)C4)cc2)c1. The zero-order chi connectivity index (χ0) is 19.4. The van der Waals surface area contributed by atoms with Gasteiger partial charge in [-0.15, -0.1) is 0 Å². The Kier molecular flexibility index (Phi) is 4.20. The highest BCUT2D eigenvalue weighted by molar-refractivity contribution is 7.92. The number of hydrogen-bond acceptors (Lipinski definition) is 3. The van der Waals surface area contributed by atoms with Crippen LogP contribution in [-0.2, 0) is 15.4 Å². The Labute approximate surface area is 167 Å². The molecule has 4 nitrogen and oxygen atoms in total. The lowest BCUT2D eigenvalue weighted by Crippen LogP contribution is -2.48. The van der Waals surface area contributed by atoms with Gasteiger partial charge in [0.1, 0.15) is 5.75 Å². The van der Waals surface area contributed by atoms with Gasteiger partial charge in [0.15, 0.2) is 0 Å². The minimum atomic E-state index is -3.62. The molecule has 0 spiro atoms. The van der Waals surface area contributed by atoms with E-state index in [0.717, 1.165) is 17.8 Å². The highest BCUT2D eigenvalue weighted by Crippen LogP contribution is 2.60. The summed E-state index contributed by atoms with van der Waals surface area (Å²) >= 11 is 0. The van der Waals surface area contributed by atoms with Gasteiger partial charge in [-0.05, 0) is 91.5 Å². The first-order valence-corrected chi connectivity index (χ1v) is 11.7. The van der Waals surface area contributed by atoms with Gasteiger partial charge < -0.3 is 4.74 Å². The Morgan fingerprint density at radius 2 is 1.54 bits per heavy atom. The van der Waals surface area contributed by atoms with E-state index in [1.807, 2.05) is 0 Å². The predicted molar refractivity (Wildman–Crippen MR) is 110 cm³/mol. The molecule has 4 fully saturated rings. The van der Waals surface area contributed by atoms with E-state index < -0.39 is 10.0 Å². The van der Waals surface area contributed by atoms with E-state index in [-0.39, 0.29) is 5.41 Å². The van der Waals surface area contributed by atoms with E-state index >= 15 is 0 Å². The number of anilines is 1. The second kappa shape index (κ2) is 6.51. The quantitative estimate of drug-likeness (QED) is 0.775. The Morgan fingerprint density at radius 3 is 2.11 bits per heavy atom. The molecule has 0 heterocycles. The van der Waals surface area contributed by atoms with Gasteiger partial charge in [0.2, 0.25) is 0 Å². The monoisotopic (exact) mass is 397 g/mol. The lowest BCUT2D eigenvalue weighted by atomic mass is 9.48. The zero-order valence-corrected chi connectivity index (χ0v) is 17.0. The van der Waals surface area contributed by atoms with Crippen LogP contribution in [0.2, 0.25) is 0 Å². The Balaban J connectivity index is 1.39. The third kappa shape index (κ3) is 3.10. The smallest absolute Gasteiger partial charge is 0.261 e. The van der Waals surface area contributed by atoms with Gasteiger partial charge in [0, 0.05) is 6.07 Å². The highest BCUT2D eigenvalue weighted by Gasteiger charge is 2.51. The lowest BCUT2D eigenvalue weighted by Gasteiger charge is -2.57. The van der Waals surface area contributed by atoms with Crippen LogP contribution < -0.4 is 9.46 Å². The van der Waals surface area contributed by atoms with Crippen LogP contribution in [0.15, 0.2) is 53.4 Å². The van der Waals surface area contributed by atoms with E-state index in [0.29, 0.717) is 16.3 Å². The van der Waals surface area contributed by atoms with Gasteiger partial charge in [-0.1, -0.05) is 18.2 Å². The summed E-state index contributed by atoms with van der Waals surface area (Å²) in [6.45, 7) is 0. The summed E-state index contributed by atoms with van der Waals surface area (Å²) < 4.78 is 33.4. The fourth-order valence-corrected chi connectivity index (χ4v) is 7.40. The maximum Gasteiger partial charge on any atom is 0.261 e. The van der Waals surface area contributed by atoms with Crippen LogP contribution in [0.25, 0.3) is 0 Å². The van der Waals surface area contributed by atoms with Crippen LogP contribution in [0.1, 0.15) is 44.1 Å². The van der Waals surface area contributed by atoms with Crippen LogP contribution in [0, 0.1) is 17.8 Å². The third-order valence-electron chi connectivity index (χ3n) is 7.14. The summed E-state index contributed by atoms with van der Waals surface area (Å²) in [5.74, 6) is 3.26. The van der Waals surface area contributed by atoms with E-state index in [1.54, 1.807) is 43.5 Å². The molecule has 1 N–H and O–H groups in total. The highest BCUT2D eigenvalue weighted by atomic mass is 32.2. The van der Waals surface area contributed by atoms with Crippen LogP contribution in [-0.4, -0.2) is 15.5 Å². The minimum absolute atomic E-state index is 0.289. The molecule has 4 aliphatic rings. The molecule has 0 aromatic heterocycles. The number of benzene rings is 2. The van der Waals surface area contributed by atoms with Gasteiger partial charge >= 0.3 is 0 Å². The van der Waals surface area contributed by atoms with Crippen LogP contribution in [0.5, 0.6) is 5.75 Å². The van der Waals surface area contributed by atoms with E-state index in [4.69, 9.17) is 4.74 Å². The lowest BCUT2D eigenvalue weighted by molar-refractivity contribution is -0.00521. The van der Waals surface area contributed by atoms with Crippen LogP contribution in [0.3, 0.4) is 0 Å². The van der Waals surface area contributed by atoms with Crippen molar-refractivity contribution in [3.8, 4) is 5.75 Å². The third-order valence-corrected chi connectivity index (χ3v) is 8.53. The fourth-order valence-electron chi connectivity index (χ4n) is 6.35. The van der Waals surface area contributed by atoms with Crippen molar-refractivity contribution in [3.05, 3.63) is 54.1 Å². The molecule has 28 heavy (non-hydrogen) atoms. The molecule has 0 unspecified atom stereocenters. The van der Waals surface area contributed by atoms with Gasteiger partial charge in [-0.2, -0.15) is 0 Å². The number of sulfonamides is 1. The maximum atomic E-state index is 12.8. The van der Waals surface area contributed by atoms with Crippen molar-refractivity contribution >= 4 is 15.7 Å².